The lowest BCUT2D eigenvalue weighted by atomic mass is 10.1. The van der Waals surface area contributed by atoms with Crippen molar-refractivity contribution in [1.29, 1.82) is 0 Å². The molecule has 1 aromatic rings. The summed E-state index contributed by atoms with van der Waals surface area (Å²) in [7, 11) is 0. The molecule has 0 bridgehead atoms. The third-order valence-corrected chi connectivity index (χ3v) is 2.10. The van der Waals surface area contributed by atoms with Crippen LogP contribution in [0.15, 0.2) is 30.3 Å². The molecule has 0 heterocycles. The van der Waals surface area contributed by atoms with Gasteiger partial charge in [-0.15, -0.1) is 0 Å². The molecule has 0 fully saturated rings. The topological polar surface area (TPSA) is 72.2 Å². The number of hydrogen-bond acceptors (Lipinski definition) is 2. The van der Waals surface area contributed by atoms with Crippen molar-refractivity contribution in [2.75, 3.05) is 6.54 Å². The first-order chi connectivity index (χ1) is 8.79. The highest BCUT2D eigenvalue weighted by Gasteiger charge is 2.29. The second-order valence-electron chi connectivity index (χ2n) is 3.64. The standard InChI is InChI=1S/C12H11F3N2O2/c13-12(14,15)9-4-1-8(2-5-9)3-6-11(19)17-7-10(16)18/h1-6H,7H2,(H2,16,18)(H,17,19). The van der Waals surface area contributed by atoms with Gasteiger partial charge < -0.3 is 11.1 Å². The van der Waals surface area contributed by atoms with E-state index in [1.54, 1.807) is 0 Å². The highest BCUT2D eigenvalue weighted by molar-refractivity contribution is 5.94. The van der Waals surface area contributed by atoms with Gasteiger partial charge in [0, 0.05) is 6.08 Å². The van der Waals surface area contributed by atoms with E-state index in [1.165, 1.54) is 18.2 Å². The van der Waals surface area contributed by atoms with Gasteiger partial charge in [0.2, 0.25) is 11.8 Å². The van der Waals surface area contributed by atoms with Crippen molar-refractivity contribution in [3.05, 3.63) is 41.5 Å². The highest BCUT2D eigenvalue weighted by atomic mass is 19.4. The predicted octanol–water partition coefficient (Wildman–Crippen LogP) is 1.32. The van der Waals surface area contributed by atoms with Crippen LogP contribution in [0.1, 0.15) is 11.1 Å². The molecule has 0 saturated heterocycles. The minimum atomic E-state index is -4.39. The van der Waals surface area contributed by atoms with Gasteiger partial charge in [0.25, 0.3) is 0 Å². The number of carbonyl (C=O) groups is 2. The molecule has 19 heavy (non-hydrogen) atoms. The van der Waals surface area contributed by atoms with Crippen LogP contribution in [0.25, 0.3) is 6.08 Å². The van der Waals surface area contributed by atoms with Crippen molar-refractivity contribution in [3.63, 3.8) is 0 Å². The molecule has 1 aromatic carbocycles. The molecule has 0 saturated carbocycles. The maximum absolute atomic E-state index is 12.3. The van der Waals surface area contributed by atoms with Crippen molar-refractivity contribution in [3.8, 4) is 0 Å². The summed E-state index contributed by atoms with van der Waals surface area (Å²) in [6.07, 6.45) is -1.96. The molecule has 0 radical (unpaired) electrons. The van der Waals surface area contributed by atoms with Crippen LogP contribution in [-0.4, -0.2) is 18.4 Å². The van der Waals surface area contributed by atoms with Gasteiger partial charge in [-0.05, 0) is 23.8 Å². The molecule has 0 aliphatic carbocycles. The quantitative estimate of drug-likeness (QED) is 0.811. The summed E-state index contributed by atoms with van der Waals surface area (Å²) in [6, 6.07) is 4.31. The smallest absolute Gasteiger partial charge is 0.368 e. The van der Waals surface area contributed by atoms with Gasteiger partial charge in [0.05, 0.1) is 12.1 Å². The lowest BCUT2D eigenvalue weighted by molar-refractivity contribution is -0.137. The van der Waals surface area contributed by atoms with Crippen molar-refractivity contribution in [2.24, 2.45) is 5.73 Å². The molecule has 3 N–H and O–H groups in total. The third-order valence-electron chi connectivity index (χ3n) is 2.10. The molecule has 0 aliphatic heterocycles. The fraction of sp³-hybridized carbons (Fsp3) is 0.167. The van der Waals surface area contributed by atoms with E-state index in [2.05, 4.69) is 5.32 Å². The van der Waals surface area contributed by atoms with E-state index >= 15 is 0 Å². The van der Waals surface area contributed by atoms with Crippen molar-refractivity contribution < 1.29 is 22.8 Å². The number of primary amides is 1. The average molecular weight is 272 g/mol. The predicted molar refractivity (Wildman–Crippen MR) is 62.7 cm³/mol. The number of carbonyl (C=O) groups excluding carboxylic acids is 2. The first-order valence-corrected chi connectivity index (χ1v) is 5.20. The van der Waals surface area contributed by atoms with Crippen molar-refractivity contribution in [1.82, 2.24) is 5.32 Å². The lowest BCUT2D eigenvalue weighted by Crippen LogP contribution is -2.32. The zero-order chi connectivity index (χ0) is 14.5. The molecular formula is C12H11F3N2O2. The van der Waals surface area contributed by atoms with Crippen LogP contribution in [0, 0.1) is 0 Å². The Morgan fingerprint density at radius 2 is 1.79 bits per heavy atom. The Labute approximate surface area is 107 Å². The van der Waals surface area contributed by atoms with Crippen LogP contribution in [0.2, 0.25) is 0 Å². The van der Waals surface area contributed by atoms with Gasteiger partial charge in [-0.3, -0.25) is 9.59 Å². The van der Waals surface area contributed by atoms with Crippen LogP contribution in [-0.2, 0) is 15.8 Å². The minimum absolute atomic E-state index is 0.295. The first-order valence-electron chi connectivity index (χ1n) is 5.20. The summed E-state index contributed by atoms with van der Waals surface area (Å²) >= 11 is 0. The van der Waals surface area contributed by atoms with E-state index in [0.29, 0.717) is 5.56 Å². The second-order valence-corrected chi connectivity index (χ2v) is 3.64. The number of rotatable bonds is 4. The first kappa shape index (κ1) is 14.7. The molecule has 2 amide bonds. The van der Waals surface area contributed by atoms with E-state index in [1.807, 2.05) is 0 Å². The number of hydrogen-bond donors (Lipinski definition) is 2. The highest BCUT2D eigenvalue weighted by Crippen LogP contribution is 2.29. The number of amides is 2. The minimum Gasteiger partial charge on any atom is -0.368 e. The summed E-state index contributed by atoms with van der Waals surface area (Å²) in [4.78, 5) is 21.5. The molecule has 0 aromatic heterocycles. The van der Waals surface area contributed by atoms with Gasteiger partial charge in [-0.1, -0.05) is 12.1 Å². The summed E-state index contributed by atoms with van der Waals surface area (Å²) < 4.78 is 36.9. The Morgan fingerprint density at radius 1 is 1.21 bits per heavy atom. The van der Waals surface area contributed by atoms with E-state index in [9.17, 15) is 22.8 Å². The second kappa shape index (κ2) is 6.03. The number of benzene rings is 1. The molecule has 7 heteroatoms. The molecule has 0 aliphatic rings. The largest absolute Gasteiger partial charge is 0.416 e. The molecular weight excluding hydrogens is 261 g/mol. The van der Waals surface area contributed by atoms with Gasteiger partial charge in [-0.2, -0.15) is 13.2 Å². The third kappa shape index (κ3) is 5.24. The van der Waals surface area contributed by atoms with E-state index in [-0.39, 0.29) is 6.54 Å². The zero-order valence-corrected chi connectivity index (χ0v) is 9.70. The Kier molecular flexibility index (Phi) is 4.68. The van der Waals surface area contributed by atoms with E-state index in [4.69, 9.17) is 5.73 Å². The number of nitrogens with one attached hydrogen (secondary N) is 1. The SMILES string of the molecule is NC(=O)CNC(=O)C=Cc1ccc(C(F)(F)F)cc1. The van der Waals surface area contributed by atoms with Crippen LogP contribution in [0.4, 0.5) is 13.2 Å². The van der Waals surface area contributed by atoms with Gasteiger partial charge in [0.1, 0.15) is 0 Å². The maximum atomic E-state index is 12.3. The Bertz CT molecular complexity index is 493. The van der Waals surface area contributed by atoms with Crippen LogP contribution in [0.5, 0.6) is 0 Å². The van der Waals surface area contributed by atoms with Crippen LogP contribution in [0.3, 0.4) is 0 Å². The van der Waals surface area contributed by atoms with Gasteiger partial charge >= 0.3 is 6.18 Å². The van der Waals surface area contributed by atoms with E-state index < -0.39 is 23.6 Å². The number of nitrogens with two attached hydrogens (primary N) is 1. The lowest BCUT2D eigenvalue weighted by Gasteiger charge is -2.05. The Hall–Kier alpha value is -2.31. The fourth-order valence-corrected chi connectivity index (χ4v) is 1.19. The molecule has 0 unspecified atom stereocenters. The fourth-order valence-electron chi connectivity index (χ4n) is 1.19. The van der Waals surface area contributed by atoms with Gasteiger partial charge in [-0.25, -0.2) is 0 Å². The average Bonchev–Trinajstić information content (AvgIpc) is 2.33. The number of alkyl halides is 3. The van der Waals surface area contributed by atoms with Crippen LogP contribution >= 0.6 is 0 Å². The Morgan fingerprint density at radius 3 is 2.26 bits per heavy atom. The zero-order valence-electron chi connectivity index (χ0n) is 9.70. The summed E-state index contributed by atoms with van der Waals surface area (Å²) in [6.45, 7) is -0.295. The summed E-state index contributed by atoms with van der Waals surface area (Å²) in [5.41, 5.74) is 4.49. The normalized spacial score (nSPS) is 11.5. The molecule has 4 nitrogen and oxygen atoms in total. The monoisotopic (exact) mass is 272 g/mol. The molecule has 0 spiro atoms. The van der Waals surface area contributed by atoms with Gasteiger partial charge in [0.15, 0.2) is 0 Å². The van der Waals surface area contributed by atoms with E-state index in [0.717, 1.165) is 18.2 Å². The number of halogens is 3. The summed E-state index contributed by atoms with van der Waals surface area (Å²) in [5, 5.41) is 2.21. The maximum Gasteiger partial charge on any atom is 0.416 e. The van der Waals surface area contributed by atoms with Crippen molar-refractivity contribution in [2.45, 2.75) is 6.18 Å². The molecule has 0 atom stereocenters. The summed E-state index contributed by atoms with van der Waals surface area (Å²) in [5.74, 6) is -1.24. The van der Waals surface area contributed by atoms with Crippen LogP contribution < -0.4 is 11.1 Å². The van der Waals surface area contributed by atoms with Crippen molar-refractivity contribution >= 4 is 17.9 Å². The Balaban J connectivity index is 2.63. The molecule has 1 rings (SSSR count). The molecule has 102 valence electrons.